The largest absolute Gasteiger partial charge is 0.354 e. The van der Waals surface area contributed by atoms with Crippen LogP contribution >= 0.6 is 0 Å². The monoisotopic (exact) mass is 643 g/mol. The standard InChI is InChI=1S/C35H45N7O5/c1-25(2)16-21-42-23-29(43)39-35(17-8-11-26-10-3-4-13-28(26)35)34(46)37-19-5-6-20-41(24-32(42)45)31(44)15-7-14-30-38-33(40-47-30)27-12-9-18-36-22-27/h3-4,9-10,12-13,18,22,25H,5-8,11,14-17,19-21,23-24H2,1-2H3,(H,37,46)(H,39,43). The SMILES string of the molecule is CC(C)CCN1CC(=O)NC2(CCCc3ccccc32)C(=O)NCCCCN(C(=O)CCCc2nc(-c3cccnc3)no2)CC1=O. The van der Waals surface area contributed by atoms with E-state index in [0.29, 0.717) is 75.8 Å². The number of amides is 4. The summed E-state index contributed by atoms with van der Waals surface area (Å²) in [7, 11) is 0. The molecule has 0 radical (unpaired) electrons. The fourth-order valence-corrected chi connectivity index (χ4v) is 6.27. The predicted octanol–water partition coefficient (Wildman–Crippen LogP) is 3.42. The highest BCUT2D eigenvalue weighted by molar-refractivity contribution is 5.95. The second-order valence-electron chi connectivity index (χ2n) is 12.8. The zero-order chi connectivity index (χ0) is 33.2. The van der Waals surface area contributed by atoms with Crippen LogP contribution in [0.5, 0.6) is 0 Å². The number of aromatic nitrogens is 3. The summed E-state index contributed by atoms with van der Waals surface area (Å²) in [6, 6.07) is 11.4. The van der Waals surface area contributed by atoms with Gasteiger partial charge in [-0.2, -0.15) is 4.98 Å². The van der Waals surface area contributed by atoms with E-state index in [9.17, 15) is 19.2 Å². The second kappa shape index (κ2) is 15.8. The maximum absolute atomic E-state index is 13.8. The van der Waals surface area contributed by atoms with Crippen molar-refractivity contribution >= 4 is 23.6 Å². The topological polar surface area (TPSA) is 151 Å². The van der Waals surface area contributed by atoms with Crippen molar-refractivity contribution in [3.63, 3.8) is 0 Å². The molecule has 1 unspecified atom stereocenters. The summed E-state index contributed by atoms with van der Waals surface area (Å²) in [4.78, 5) is 66.3. The zero-order valence-electron chi connectivity index (χ0n) is 27.4. The zero-order valence-corrected chi connectivity index (χ0v) is 27.4. The van der Waals surface area contributed by atoms with Crippen molar-refractivity contribution in [2.75, 3.05) is 32.7 Å². The molecular weight excluding hydrogens is 598 g/mol. The highest BCUT2D eigenvalue weighted by Crippen LogP contribution is 2.36. The molecule has 1 spiro atoms. The van der Waals surface area contributed by atoms with Gasteiger partial charge in [-0.1, -0.05) is 43.3 Å². The van der Waals surface area contributed by atoms with Crippen LogP contribution < -0.4 is 10.6 Å². The van der Waals surface area contributed by atoms with Gasteiger partial charge < -0.3 is 25.0 Å². The molecule has 1 saturated heterocycles. The molecule has 1 aliphatic heterocycles. The number of hydrogen-bond acceptors (Lipinski definition) is 8. The Hall–Kier alpha value is -4.61. The van der Waals surface area contributed by atoms with Crippen molar-refractivity contribution in [1.82, 2.24) is 35.6 Å². The molecule has 3 heterocycles. The molecule has 1 fully saturated rings. The summed E-state index contributed by atoms with van der Waals surface area (Å²) in [6.07, 6.45) is 8.42. The van der Waals surface area contributed by atoms with Gasteiger partial charge in [-0.05, 0) is 74.1 Å². The van der Waals surface area contributed by atoms with Crippen LogP contribution in [0.25, 0.3) is 11.4 Å². The number of carbonyl (C=O) groups excluding carboxylic acids is 4. The summed E-state index contributed by atoms with van der Waals surface area (Å²) in [6.45, 7) is 4.95. The van der Waals surface area contributed by atoms with Crippen molar-refractivity contribution < 1.29 is 23.7 Å². The normalized spacial score (nSPS) is 19.7. The van der Waals surface area contributed by atoms with Crippen LogP contribution in [0, 0.1) is 5.92 Å². The van der Waals surface area contributed by atoms with Crippen molar-refractivity contribution in [3.8, 4) is 11.4 Å². The van der Waals surface area contributed by atoms with E-state index in [2.05, 4.69) is 39.6 Å². The highest BCUT2D eigenvalue weighted by Gasteiger charge is 2.44. The molecular formula is C35H45N7O5. The lowest BCUT2D eigenvalue weighted by atomic mass is 9.75. The lowest BCUT2D eigenvalue weighted by Crippen LogP contribution is -2.60. The van der Waals surface area contributed by atoms with E-state index >= 15 is 0 Å². The van der Waals surface area contributed by atoms with E-state index in [1.54, 1.807) is 23.4 Å². The first-order valence-corrected chi connectivity index (χ1v) is 16.7. The van der Waals surface area contributed by atoms with Crippen molar-refractivity contribution in [2.45, 2.75) is 77.2 Å². The molecule has 2 aromatic heterocycles. The molecule has 0 saturated carbocycles. The maximum Gasteiger partial charge on any atom is 0.250 e. The quantitative estimate of drug-likeness (QED) is 0.379. The molecule has 1 aromatic carbocycles. The molecule has 4 amide bonds. The lowest BCUT2D eigenvalue weighted by Gasteiger charge is -2.39. The van der Waals surface area contributed by atoms with Crippen molar-refractivity contribution in [1.29, 1.82) is 0 Å². The van der Waals surface area contributed by atoms with Gasteiger partial charge in [0.25, 0.3) is 0 Å². The van der Waals surface area contributed by atoms with Crippen molar-refractivity contribution in [2.24, 2.45) is 5.92 Å². The van der Waals surface area contributed by atoms with E-state index in [4.69, 9.17) is 4.52 Å². The van der Waals surface area contributed by atoms with Gasteiger partial charge in [-0.15, -0.1) is 0 Å². The van der Waals surface area contributed by atoms with Crippen LogP contribution in [0.2, 0.25) is 0 Å². The summed E-state index contributed by atoms with van der Waals surface area (Å²) in [5, 5.41) is 10.1. The first-order valence-electron chi connectivity index (χ1n) is 16.7. The Balaban J connectivity index is 1.28. The number of benzene rings is 1. The summed E-state index contributed by atoms with van der Waals surface area (Å²) < 4.78 is 5.37. The van der Waals surface area contributed by atoms with Crippen LogP contribution in [-0.4, -0.2) is 81.3 Å². The second-order valence-corrected chi connectivity index (χ2v) is 12.8. The van der Waals surface area contributed by atoms with E-state index in [1.807, 2.05) is 30.3 Å². The highest BCUT2D eigenvalue weighted by atomic mass is 16.5. The minimum atomic E-state index is -1.19. The smallest absolute Gasteiger partial charge is 0.250 e. The predicted molar refractivity (Wildman–Crippen MR) is 175 cm³/mol. The number of pyridine rings is 1. The average Bonchev–Trinajstić information content (AvgIpc) is 3.54. The minimum absolute atomic E-state index is 0.115. The Morgan fingerprint density at radius 1 is 1.06 bits per heavy atom. The Kier molecular flexibility index (Phi) is 11.3. The van der Waals surface area contributed by atoms with Crippen molar-refractivity contribution in [3.05, 3.63) is 65.8 Å². The molecule has 0 bridgehead atoms. The third-order valence-corrected chi connectivity index (χ3v) is 8.87. The molecule has 12 heteroatoms. The molecule has 2 aliphatic rings. The number of aryl methyl sites for hydroxylation is 2. The molecule has 47 heavy (non-hydrogen) atoms. The Morgan fingerprint density at radius 2 is 1.91 bits per heavy atom. The molecule has 1 aliphatic carbocycles. The Morgan fingerprint density at radius 3 is 2.72 bits per heavy atom. The lowest BCUT2D eigenvalue weighted by molar-refractivity contribution is -0.143. The number of carbonyl (C=O) groups is 4. The van der Waals surface area contributed by atoms with Gasteiger partial charge in [0, 0.05) is 50.4 Å². The summed E-state index contributed by atoms with van der Waals surface area (Å²) in [5.41, 5.74) is 1.41. The van der Waals surface area contributed by atoms with Crippen LogP contribution in [0.1, 0.15) is 75.8 Å². The first-order chi connectivity index (χ1) is 22.7. The number of rotatable bonds is 8. The van der Waals surface area contributed by atoms with Gasteiger partial charge in [0.1, 0.15) is 5.54 Å². The summed E-state index contributed by atoms with van der Waals surface area (Å²) >= 11 is 0. The molecule has 250 valence electrons. The molecule has 1 atom stereocenters. The van der Waals surface area contributed by atoms with Gasteiger partial charge >= 0.3 is 0 Å². The van der Waals surface area contributed by atoms with Crippen LogP contribution in [0.3, 0.4) is 0 Å². The molecule has 2 N–H and O–H groups in total. The van der Waals surface area contributed by atoms with E-state index in [0.717, 1.165) is 29.5 Å². The molecule has 5 rings (SSSR count). The first kappa shape index (κ1) is 33.7. The number of fused-ring (bicyclic) bond motifs is 2. The fraction of sp³-hybridized carbons (Fsp3) is 0.514. The van der Waals surface area contributed by atoms with Gasteiger partial charge in [-0.25, -0.2) is 0 Å². The number of nitrogens with one attached hydrogen (secondary N) is 2. The van der Waals surface area contributed by atoms with Crippen LogP contribution in [-0.2, 0) is 37.6 Å². The van der Waals surface area contributed by atoms with Crippen LogP contribution in [0.4, 0.5) is 0 Å². The third-order valence-electron chi connectivity index (χ3n) is 8.87. The van der Waals surface area contributed by atoms with E-state index in [1.165, 1.54) is 4.90 Å². The van der Waals surface area contributed by atoms with Gasteiger partial charge in [-0.3, -0.25) is 24.2 Å². The maximum atomic E-state index is 13.8. The number of hydrogen-bond donors (Lipinski definition) is 2. The molecule has 12 nitrogen and oxygen atoms in total. The summed E-state index contributed by atoms with van der Waals surface area (Å²) in [5.74, 6) is 0.0938. The van der Waals surface area contributed by atoms with Gasteiger partial charge in [0.2, 0.25) is 35.3 Å². The fourth-order valence-electron chi connectivity index (χ4n) is 6.27. The number of nitrogens with zero attached hydrogens (tertiary/aromatic N) is 5. The average molecular weight is 644 g/mol. The Bertz CT molecular complexity index is 1540. The van der Waals surface area contributed by atoms with E-state index in [-0.39, 0.29) is 37.2 Å². The minimum Gasteiger partial charge on any atom is -0.354 e. The molecule has 3 aromatic rings. The van der Waals surface area contributed by atoms with Gasteiger partial charge in [0.15, 0.2) is 0 Å². The van der Waals surface area contributed by atoms with E-state index < -0.39 is 11.4 Å². The van der Waals surface area contributed by atoms with Crippen LogP contribution in [0.15, 0.2) is 53.3 Å². The van der Waals surface area contributed by atoms with Gasteiger partial charge in [0.05, 0.1) is 13.1 Å². The third kappa shape index (κ3) is 8.60. The Labute approximate surface area is 275 Å².